The van der Waals surface area contributed by atoms with Gasteiger partial charge in [0.2, 0.25) is 0 Å². The van der Waals surface area contributed by atoms with Gasteiger partial charge in [-0.15, -0.1) is 0 Å². The second-order valence-corrected chi connectivity index (χ2v) is 5.37. The Hall–Kier alpha value is -0.120. The van der Waals surface area contributed by atoms with Gasteiger partial charge in [0, 0.05) is 39.2 Å². The van der Waals surface area contributed by atoms with Crippen LogP contribution in [0.15, 0.2) is 0 Å². The number of rotatable bonds is 4. The van der Waals surface area contributed by atoms with Crippen LogP contribution in [-0.4, -0.2) is 32.0 Å². The molecule has 16 heavy (non-hydrogen) atoms. The lowest BCUT2D eigenvalue weighted by Crippen LogP contribution is -2.53. The molecule has 94 valence electrons. The molecule has 1 saturated heterocycles. The fraction of sp³-hybridized carbons (Fsp3) is 1.00. The third kappa shape index (κ3) is 2.58. The highest BCUT2D eigenvalue weighted by Crippen LogP contribution is 2.34. The van der Waals surface area contributed by atoms with Gasteiger partial charge in [-0.25, -0.2) is 0 Å². The highest BCUT2D eigenvalue weighted by atomic mass is 16.5. The van der Waals surface area contributed by atoms with Crippen LogP contribution in [0.3, 0.4) is 0 Å². The molecule has 2 aliphatic rings. The highest BCUT2D eigenvalue weighted by Gasteiger charge is 2.39. The summed E-state index contributed by atoms with van der Waals surface area (Å²) in [5, 5.41) is 0. The van der Waals surface area contributed by atoms with Crippen LogP contribution in [-0.2, 0) is 9.47 Å². The van der Waals surface area contributed by atoms with Crippen molar-refractivity contribution >= 4 is 0 Å². The van der Waals surface area contributed by atoms with Gasteiger partial charge in [-0.1, -0.05) is 25.7 Å². The fourth-order valence-corrected chi connectivity index (χ4v) is 3.26. The number of ether oxygens (including phenoxy) is 2. The average molecular weight is 227 g/mol. The van der Waals surface area contributed by atoms with Crippen LogP contribution >= 0.6 is 0 Å². The van der Waals surface area contributed by atoms with Crippen LogP contribution in [0.5, 0.6) is 0 Å². The summed E-state index contributed by atoms with van der Waals surface area (Å²) in [6.45, 7) is 1.60. The van der Waals surface area contributed by atoms with Crippen molar-refractivity contribution in [2.24, 2.45) is 11.7 Å². The molecule has 2 rings (SSSR count). The van der Waals surface area contributed by atoms with Gasteiger partial charge in [-0.3, -0.25) is 0 Å². The first-order chi connectivity index (χ1) is 7.77. The van der Waals surface area contributed by atoms with E-state index in [1.807, 2.05) is 0 Å². The fourth-order valence-electron chi connectivity index (χ4n) is 3.26. The lowest BCUT2D eigenvalue weighted by atomic mass is 9.81. The summed E-state index contributed by atoms with van der Waals surface area (Å²) in [4.78, 5) is 0. The molecule has 0 radical (unpaired) electrons. The zero-order valence-electron chi connectivity index (χ0n) is 10.4. The zero-order chi connectivity index (χ0) is 11.4. The maximum atomic E-state index is 6.39. The Labute approximate surface area is 98.7 Å². The zero-order valence-corrected chi connectivity index (χ0v) is 10.4. The van der Waals surface area contributed by atoms with Gasteiger partial charge >= 0.3 is 0 Å². The Morgan fingerprint density at radius 1 is 1.31 bits per heavy atom. The van der Waals surface area contributed by atoms with Gasteiger partial charge in [0.15, 0.2) is 0 Å². The number of hydrogen-bond donors (Lipinski definition) is 1. The maximum Gasteiger partial charge on any atom is 0.0872 e. The van der Waals surface area contributed by atoms with E-state index in [-0.39, 0.29) is 11.6 Å². The van der Waals surface area contributed by atoms with Crippen molar-refractivity contribution in [2.75, 3.05) is 20.3 Å². The topological polar surface area (TPSA) is 44.5 Å². The molecule has 1 aliphatic heterocycles. The molecule has 1 unspecified atom stereocenters. The van der Waals surface area contributed by atoms with Gasteiger partial charge in [-0.2, -0.15) is 0 Å². The standard InChI is InChI=1S/C13H25NO2/c1-15-13(6-8-16-9-7-13)12(14)10-11-4-2-3-5-11/h11-12H,2-10,14H2,1H3. The summed E-state index contributed by atoms with van der Waals surface area (Å²) < 4.78 is 11.2. The van der Waals surface area contributed by atoms with Crippen molar-refractivity contribution in [3.63, 3.8) is 0 Å². The minimum Gasteiger partial charge on any atom is -0.381 e. The molecule has 0 aromatic heterocycles. The predicted molar refractivity (Wildman–Crippen MR) is 64.3 cm³/mol. The molecule has 2 fully saturated rings. The molecule has 1 aliphatic carbocycles. The van der Waals surface area contributed by atoms with Crippen LogP contribution in [0.2, 0.25) is 0 Å². The molecule has 0 aromatic rings. The van der Waals surface area contributed by atoms with E-state index in [1.54, 1.807) is 7.11 Å². The van der Waals surface area contributed by atoms with Crippen molar-refractivity contribution in [2.45, 2.75) is 56.6 Å². The molecule has 0 aromatic carbocycles. The van der Waals surface area contributed by atoms with Crippen LogP contribution in [0.1, 0.15) is 44.9 Å². The molecule has 2 N–H and O–H groups in total. The van der Waals surface area contributed by atoms with Crippen molar-refractivity contribution < 1.29 is 9.47 Å². The largest absolute Gasteiger partial charge is 0.381 e. The first-order valence-electron chi connectivity index (χ1n) is 6.65. The van der Waals surface area contributed by atoms with Gasteiger partial charge in [0.25, 0.3) is 0 Å². The molecule has 1 saturated carbocycles. The van der Waals surface area contributed by atoms with Crippen molar-refractivity contribution in [3.8, 4) is 0 Å². The van der Waals surface area contributed by atoms with E-state index in [2.05, 4.69) is 0 Å². The third-order valence-corrected chi connectivity index (χ3v) is 4.48. The lowest BCUT2D eigenvalue weighted by molar-refractivity contribution is -0.107. The molecule has 3 heteroatoms. The Bertz CT molecular complexity index is 208. The molecule has 1 heterocycles. The summed E-state index contributed by atoms with van der Waals surface area (Å²) in [7, 11) is 1.81. The van der Waals surface area contributed by atoms with Crippen LogP contribution in [0.4, 0.5) is 0 Å². The molecule has 0 spiro atoms. The van der Waals surface area contributed by atoms with Crippen molar-refractivity contribution in [1.29, 1.82) is 0 Å². The van der Waals surface area contributed by atoms with E-state index in [9.17, 15) is 0 Å². The van der Waals surface area contributed by atoms with Crippen molar-refractivity contribution in [3.05, 3.63) is 0 Å². The first kappa shape index (κ1) is 12.3. The van der Waals surface area contributed by atoms with Crippen molar-refractivity contribution in [1.82, 2.24) is 0 Å². The molecule has 0 bridgehead atoms. The van der Waals surface area contributed by atoms with Gasteiger partial charge in [0.1, 0.15) is 0 Å². The van der Waals surface area contributed by atoms with E-state index in [0.29, 0.717) is 0 Å². The quantitative estimate of drug-likeness (QED) is 0.800. The van der Waals surface area contributed by atoms with E-state index in [1.165, 1.54) is 25.7 Å². The molecule has 1 atom stereocenters. The molecular formula is C13H25NO2. The van der Waals surface area contributed by atoms with Crippen LogP contribution in [0, 0.1) is 5.92 Å². The van der Waals surface area contributed by atoms with E-state index in [0.717, 1.165) is 38.4 Å². The monoisotopic (exact) mass is 227 g/mol. The summed E-state index contributed by atoms with van der Waals surface area (Å²) in [6.07, 6.45) is 8.55. The predicted octanol–water partition coefficient (Wildman–Crippen LogP) is 2.09. The Morgan fingerprint density at radius 3 is 2.50 bits per heavy atom. The van der Waals surface area contributed by atoms with Gasteiger partial charge < -0.3 is 15.2 Å². The third-order valence-electron chi connectivity index (χ3n) is 4.48. The van der Waals surface area contributed by atoms with E-state index in [4.69, 9.17) is 15.2 Å². The smallest absolute Gasteiger partial charge is 0.0872 e. The highest BCUT2D eigenvalue weighted by molar-refractivity contribution is 4.94. The minimum absolute atomic E-state index is 0.110. The summed E-state index contributed by atoms with van der Waals surface area (Å²) in [5.41, 5.74) is 6.28. The molecule has 0 amide bonds. The van der Waals surface area contributed by atoms with Gasteiger partial charge in [-0.05, 0) is 12.3 Å². The Morgan fingerprint density at radius 2 is 1.94 bits per heavy atom. The molecular weight excluding hydrogens is 202 g/mol. The van der Waals surface area contributed by atoms with Crippen LogP contribution in [0.25, 0.3) is 0 Å². The number of nitrogens with two attached hydrogens (primary N) is 1. The Kier molecular flexibility index (Phi) is 4.22. The van der Waals surface area contributed by atoms with E-state index >= 15 is 0 Å². The maximum absolute atomic E-state index is 6.39. The average Bonchev–Trinajstić information content (AvgIpc) is 2.82. The number of hydrogen-bond acceptors (Lipinski definition) is 3. The van der Waals surface area contributed by atoms with Crippen LogP contribution < -0.4 is 5.73 Å². The summed E-state index contributed by atoms with van der Waals surface area (Å²) >= 11 is 0. The Balaban J connectivity index is 1.91. The molecule has 3 nitrogen and oxygen atoms in total. The SMILES string of the molecule is COC1(C(N)CC2CCCC2)CCOCC1. The lowest BCUT2D eigenvalue weighted by Gasteiger charge is -2.41. The first-order valence-corrected chi connectivity index (χ1v) is 6.65. The second kappa shape index (κ2) is 5.48. The number of methoxy groups -OCH3 is 1. The van der Waals surface area contributed by atoms with Gasteiger partial charge in [0.05, 0.1) is 5.60 Å². The second-order valence-electron chi connectivity index (χ2n) is 5.37. The summed E-state index contributed by atoms with van der Waals surface area (Å²) in [6, 6.07) is 0.185. The van der Waals surface area contributed by atoms with E-state index < -0.39 is 0 Å². The summed E-state index contributed by atoms with van der Waals surface area (Å²) in [5.74, 6) is 0.838. The minimum atomic E-state index is -0.110. The normalized spacial score (nSPS) is 28.1.